The maximum atomic E-state index is 11.8. The molecule has 1 aromatic rings. The van der Waals surface area contributed by atoms with Gasteiger partial charge in [-0.15, -0.1) is 11.8 Å². The highest BCUT2D eigenvalue weighted by molar-refractivity contribution is 7.99. The van der Waals surface area contributed by atoms with E-state index in [2.05, 4.69) is 31.3 Å². The average molecular weight is 295 g/mol. The van der Waals surface area contributed by atoms with Crippen molar-refractivity contribution in [3.05, 3.63) is 30.3 Å². The van der Waals surface area contributed by atoms with E-state index in [4.69, 9.17) is 4.74 Å². The van der Waals surface area contributed by atoms with Crippen molar-refractivity contribution in [2.75, 3.05) is 5.75 Å². The zero-order chi connectivity index (χ0) is 15.2. The van der Waals surface area contributed by atoms with Gasteiger partial charge < -0.3 is 10.1 Å². The number of carbonyl (C=O) groups is 1. The number of carbonyl (C=O) groups excluding carboxylic acids is 1. The van der Waals surface area contributed by atoms with Crippen LogP contribution < -0.4 is 5.32 Å². The van der Waals surface area contributed by atoms with E-state index in [1.807, 2.05) is 39.0 Å². The van der Waals surface area contributed by atoms with Crippen LogP contribution in [0.3, 0.4) is 0 Å². The minimum absolute atomic E-state index is 0.0926. The molecule has 4 heteroatoms. The summed E-state index contributed by atoms with van der Waals surface area (Å²) in [5, 5.41) is 2.96. The zero-order valence-electron chi connectivity index (χ0n) is 13.0. The summed E-state index contributed by atoms with van der Waals surface area (Å²) in [6.07, 6.45) is -0.343. The first-order valence-corrected chi connectivity index (χ1v) is 7.94. The Bertz CT molecular complexity index is 412. The van der Waals surface area contributed by atoms with Gasteiger partial charge in [-0.3, -0.25) is 0 Å². The number of hydrogen-bond acceptors (Lipinski definition) is 3. The van der Waals surface area contributed by atoms with Crippen LogP contribution >= 0.6 is 11.8 Å². The molecule has 1 rings (SSSR count). The number of hydrogen-bond donors (Lipinski definition) is 1. The van der Waals surface area contributed by atoms with Gasteiger partial charge in [0.1, 0.15) is 5.60 Å². The van der Waals surface area contributed by atoms with Crippen LogP contribution in [0.1, 0.15) is 34.6 Å². The maximum Gasteiger partial charge on any atom is 0.407 e. The van der Waals surface area contributed by atoms with Gasteiger partial charge in [0, 0.05) is 16.7 Å². The van der Waals surface area contributed by atoms with Crippen molar-refractivity contribution in [2.24, 2.45) is 5.92 Å². The van der Waals surface area contributed by atoms with Gasteiger partial charge in [-0.25, -0.2) is 4.79 Å². The van der Waals surface area contributed by atoms with E-state index in [-0.39, 0.29) is 12.1 Å². The molecule has 3 nitrogen and oxygen atoms in total. The average Bonchev–Trinajstić information content (AvgIpc) is 2.33. The number of thioether (sulfide) groups is 1. The smallest absolute Gasteiger partial charge is 0.407 e. The molecule has 1 N–H and O–H groups in total. The minimum atomic E-state index is -0.460. The second-order valence-corrected chi connectivity index (χ2v) is 7.21. The third-order valence-corrected chi connectivity index (χ3v) is 3.81. The predicted molar refractivity (Wildman–Crippen MR) is 85.2 cm³/mol. The monoisotopic (exact) mass is 295 g/mol. The van der Waals surface area contributed by atoms with Crippen molar-refractivity contribution < 1.29 is 9.53 Å². The summed E-state index contributed by atoms with van der Waals surface area (Å²) in [6, 6.07) is 10.3. The summed E-state index contributed by atoms with van der Waals surface area (Å²) in [4.78, 5) is 13.1. The van der Waals surface area contributed by atoms with E-state index < -0.39 is 5.60 Å². The van der Waals surface area contributed by atoms with Gasteiger partial charge in [-0.05, 0) is 38.8 Å². The Morgan fingerprint density at radius 2 is 1.85 bits per heavy atom. The first-order valence-electron chi connectivity index (χ1n) is 6.95. The van der Waals surface area contributed by atoms with Crippen LogP contribution in [-0.4, -0.2) is 23.5 Å². The van der Waals surface area contributed by atoms with Gasteiger partial charge in [-0.1, -0.05) is 32.0 Å². The van der Waals surface area contributed by atoms with Crippen LogP contribution in [0.2, 0.25) is 0 Å². The van der Waals surface area contributed by atoms with Crippen molar-refractivity contribution in [1.29, 1.82) is 0 Å². The number of ether oxygens (including phenoxy) is 1. The van der Waals surface area contributed by atoms with Gasteiger partial charge >= 0.3 is 6.09 Å². The van der Waals surface area contributed by atoms with Gasteiger partial charge in [0.25, 0.3) is 0 Å². The lowest BCUT2D eigenvalue weighted by Gasteiger charge is -2.25. The SMILES string of the molecule is CC(C)[C@@H](CSc1ccccc1)NC(=O)OC(C)(C)C. The molecule has 112 valence electrons. The van der Waals surface area contributed by atoms with E-state index in [0.717, 1.165) is 5.75 Å². The highest BCUT2D eigenvalue weighted by Crippen LogP contribution is 2.20. The van der Waals surface area contributed by atoms with Crippen molar-refractivity contribution in [3.8, 4) is 0 Å². The van der Waals surface area contributed by atoms with E-state index in [1.165, 1.54) is 4.90 Å². The third kappa shape index (κ3) is 6.85. The van der Waals surface area contributed by atoms with Gasteiger partial charge in [-0.2, -0.15) is 0 Å². The normalized spacial score (nSPS) is 13.1. The van der Waals surface area contributed by atoms with Crippen LogP contribution in [0, 0.1) is 5.92 Å². The molecule has 0 spiro atoms. The number of nitrogens with one attached hydrogen (secondary N) is 1. The summed E-state index contributed by atoms with van der Waals surface area (Å²) in [5.41, 5.74) is -0.460. The number of benzene rings is 1. The molecular formula is C16H25NO2S. The fourth-order valence-electron chi connectivity index (χ4n) is 1.56. The Hall–Kier alpha value is -1.16. The molecule has 0 aromatic heterocycles. The first kappa shape index (κ1) is 16.9. The van der Waals surface area contributed by atoms with Crippen molar-refractivity contribution >= 4 is 17.9 Å². The predicted octanol–water partition coefficient (Wildman–Crippen LogP) is 4.33. The summed E-state index contributed by atoms with van der Waals surface area (Å²) in [5.74, 6) is 1.19. The molecule has 0 heterocycles. The lowest BCUT2D eigenvalue weighted by Crippen LogP contribution is -2.43. The number of amides is 1. The topological polar surface area (TPSA) is 38.3 Å². The molecule has 1 amide bonds. The Balaban J connectivity index is 2.51. The lowest BCUT2D eigenvalue weighted by atomic mass is 10.1. The van der Waals surface area contributed by atoms with E-state index in [1.54, 1.807) is 11.8 Å². The summed E-state index contributed by atoms with van der Waals surface area (Å²) in [6.45, 7) is 9.82. The molecule has 0 aliphatic heterocycles. The van der Waals surface area contributed by atoms with Crippen LogP contribution in [0.5, 0.6) is 0 Å². The maximum absolute atomic E-state index is 11.8. The van der Waals surface area contributed by atoms with E-state index in [9.17, 15) is 4.79 Å². The summed E-state index contributed by atoms with van der Waals surface area (Å²) in [7, 11) is 0. The molecule has 0 fully saturated rings. The summed E-state index contributed by atoms with van der Waals surface area (Å²) < 4.78 is 5.31. The molecule has 0 bridgehead atoms. The van der Waals surface area contributed by atoms with Crippen molar-refractivity contribution in [1.82, 2.24) is 5.32 Å². The van der Waals surface area contributed by atoms with E-state index in [0.29, 0.717) is 5.92 Å². The quantitative estimate of drug-likeness (QED) is 0.822. The fraction of sp³-hybridized carbons (Fsp3) is 0.562. The third-order valence-electron chi connectivity index (χ3n) is 2.68. The van der Waals surface area contributed by atoms with Gasteiger partial charge in [0.15, 0.2) is 0 Å². The molecule has 0 radical (unpaired) electrons. The van der Waals surface area contributed by atoms with E-state index >= 15 is 0 Å². The number of rotatable bonds is 5. The molecule has 0 saturated carbocycles. The highest BCUT2D eigenvalue weighted by Gasteiger charge is 2.21. The molecule has 0 aliphatic carbocycles. The highest BCUT2D eigenvalue weighted by atomic mass is 32.2. The fourth-order valence-corrected chi connectivity index (χ4v) is 2.75. The van der Waals surface area contributed by atoms with Crippen molar-refractivity contribution in [3.63, 3.8) is 0 Å². The van der Waals surface area contributed by atoms with Crippen LogP contribution in [0.15, 0.2) is 35.2 Å². The molecule has 0 saturated heterocycles. The Labute approximate surface area is 126 Å². The molecule has 1 atom stereocenters. The Morgan fingerprint density at radius 1 is 1.25 bits per heavy atom. The molecule has 0 aliphatic rings. The standard InChI is InChI=1S/C16H25NO2S/c1-12(2)14(17-15(18)19-16(3,4)5)11-20-13-9-7-6-8-10-13/h6-10,12,14H,11H2,1-5H3,(H,17,18)/t14-/m1/s1. The zero-order valence-corrected chi connectivity index (χ0v) is 13.8. The molecular weight excluding hydrogens is 270 g/mol. The first-order chi connectivity index (χ1) is 9.28. The van der Waals surface area contributed by atoms with Crippen LogP contribution in [0.25, 0.3) is 0 Å². The van der Waals surface area contributed by atoms with Gasteiger partial charge in [0.05, 0.1) is 0 Å². The summed E-state index contributed by atoms with van der Waals surface area (Å²) >= 11 is 1.75. The molecule has 0 unspecified atom stereocenters. The van der Waals surface area contributed by atoms with Crippen LogP contribution in [0.4, 0.5) is 4.79 Å². The largest absolute Gasteiger partial charge is 0.444 e. The lowest BCUT2D eigenvalue weighted by molar-refractivity contribution is 0.0497. The minimum Gasteiger partial charge on any atom is -0.444 e. The Kier molecular flexibility index (Phi) is 6.40. The second kappa shape index (κ2) is 7.58. The van der Waals surface area contributed by atoms with Gasteiger partial charge in [0.2, 0.25) is 0 Å². The Morgan fingerprint density at radius 3 is 2.35 bits per heavy atom. The van der Waals surface area contributed by atoms with Crippen molar-refractivity contribution in [2.45, 2.75) is 51.2 Å². The van der Waals surface area contributed by atoms with Crippen LogP contribution in [-0.2, 0) is 4.74 Å². The second-order valence-electron chi connectivity index (χ2n) is 6.12. The molecule has 1 aromatic carbocycles. The number of alkyl carbamates (subject to hydrolysis) is 1. The molecule has 20 heavy (non-hydrogen) atoms.